The maximum atomic E-state index is 12.8. The first kappa shape index (κ1) is 18.8. The quantitative estimate of drug-likeness (QED) is 0.661. The van der Waals surface area contributed by atoms with Gasteiger partial charge < -0.3 is 5.32 Å². The van der Waals surface area contributed by atoms with E-state index in [-0.39, 0.29) is 23.0 Å². The summed E-state index contributed by atoms with van der Waals surface area (Å²) < 4.78 is 27.0. The standard InChI is InChI=1S/C13H19N3O4S.ClH/c1-10-4-5-11(2)13(12(10)16(17)18)21(19,20)15-8-3-6-14-7-9-15;/h4-5,14H,3,6-9H2,1-2H3;1H. The molecule has 1 heterocycles. The van der Waals surface area contributed by atoms with Crippen molar-refractivity contribution in [1.82, 2.24) is 9.62 Å². The maximum absolute atomic E-state index is 12.8. The summed E-state index contributed by atoms with van der Waals surface area (Å²) in [5.74, 6) is 0. The molecule has 0 unspecified atom stereocenters. The number of nitro benzene ring substituents is 1. The van der Waals surface area contributed by atoms with E-state index in [1.54, 1.807) is 26.0 Å². The fraction of sp³-hybridized carbons (Fsp3) is 0.538. The van der Waals surface area contributed by atoms with Crippen LogP contribution in [0.3, 0.4) is 0 Å². The highest BCUT2D eigenvalue weighted by molar-refractivity contribution is 7.89. The van der Waals surface area contributed by atoms with Crippen molar-refractivity contribution in [3.8, 4) is 0 Å². The Morgan fingerprint density at radius 3 is 2.45 bits per heavy atom. The van der Waals surface area contributed by atoms with Crippen molar-refractivity contribution in [3.05, 3.63) is 33.4 Å². The number of aryl methyl sites for hydroxylation is 2. The average molecular weight is 350 g/mol. The van der Waals surface area contributed by atoms with Crippen molar-refractivity contribution in [3.63, 3.8) is 0 Å². The number of nitro groups is 1. The summed E-state index contributed by atoms with van der Waals surface area (Å²) >= 11 is 0. The molecular formula is C13H20ClN3O4S. The van der Waals surface area contributed by atoms with Gasteiger partial charge >= 0.3 is 0 Å². The van der Waals surface area contributed by atoms with E-state index < -0.39 is 14.9 Å². The van der Waals surface area contributed by atoms with E-state index in [2.05, 4.69) is 5.32 Å². The molecule has 7 nitrogen and oxygen atoms in total. The Labute approximate surface area is 136 Å². The summed E-state index contributed by atoms with van der Waals surface area (Å²) in [6, 6.07) is 3.20. The fourth-order valence-corrected chi connectivity index (χ4v) is 4.43. The van der Waals surface area contributed by atoms with Gasteiger partial charge in [-0.15, -0.1) is 12.4 Å². The number of nitrogens with zero attached hydrogens (tertiary/aromatic N) is 2. The monoisotopic (exact) mass is 349 g/mol. The lowest BCUT2D eigenvalue weighted by Crippen LogP contribution is -2.35. The molecule has 1 aromatic rings. The van der Waals surface area contributed by atoms with Gasteiger partial charge in [0.15, 0.2) is 4.90 Å². The van der Waals surface area contributed by atoms with Crippen LogP contribution in [0, 0.1) is 24.0 Å². The van der Waals surface area contributed by atoms with Gasteiger partial charge in [-0.3, -0.25) is 10.1 Å². The summed E-state index contributed by atoms with van der Waals surface area (Å²) in [6.07, 6.45) is 0.692. The molecule has 1 fully saturated rings. The van der Waals surface area contributed by atoms with Crippen molar-refractivity contribution in [2.45, 2.75) is 25.2 Å². The largest absolute Gasteiger partial charge is 0.315 e. The van der Waals surface area contributed by atoms with Crippen molar-refractivity contribution >= 4 is 28.1 Å². The predicted molar refractivity (Wildman–Crippen MR) is 86.1 cm³/mol. The van der Waals surface area contributed by atoms with Crippen LogP contribution in [0.2, 0.25) is 0 Å². The van der Waals surface area contributed by atoms with Gasteiger partial charge in [0.25, 0.3) is 5.69 Å². The van der Waals surface area contributed by atoms with Crippen molar-refractivity contribution in [2.75, 3.05) is 26.2 Å². The molecule has 124 valence electrons. The SMILES string of the molecule is Cc1ccc(C)c(S(=O)(=O)N2CCCNCC2)c1[N+](=O)[O-].Cl. The van der Waals surface area contributed by atoms with Crippen molar-refractivity contribution < 1.29 is 13.3 Å². The summed E-state index contributed by atoms with van der Waals surface area (Å²) in [5, 5.41) is 14.4. The number of hydrogen-bond acceptors (Lipinski definition) is 5. The van der Waals surface area contributed by atoms with Gasteiger partial charge in [0.2, 0.25) is 10.0 Å². The smallest absolute Gasteiger partial charge is 0.292 e. The minimum absolute atomic E-state index is 0. The molecular weight excluding hydrogens is 330 g/mol. The second-order valence-electron chi connectivity index (χ2n) is 5.14. The molecule has 1 N–H and O–H groups in total. The summed E-state index contributed by atoms with van der Waals surface area (Å²) in [5.41, 5.74) is 0.453. The summed E-state index contributed by atoms with van der Waals surface area (Å²) in [6.45, 7) is 5.15. The van der Waals surface area contributed by atoms with Crippen LogP contribution in [-0.2, 0) is 10.0 Å². The number of benzene rings is 1. The molecule has 1 aliphatic rings. The lowest BCUT2D eigenvalue weighted by atomic mass is 10.1. The molecule has 0 aromatic heterocycles. The lowest BCUT2D eigenvalue weighted by Gasteiger charge is -2.21. The van der Waals surface area contributed by atoms with Crippen LogP contribution in [0.1, 0.15) is 17.5 Å². The first-order valence-electron chi connectivity index (χ1n) is 6.81. The normalized spacial score (nSPS) is 16.6. The van der Waals surface area contributed by atoms with Gasteiger partial charge in [-0.05, 0) is 32.4 Å². The van der Waals surface area contributed by atoms with Gasteiger partial charge in [-0.1, -0.05) is 12.1 Å². The first-order valence-corrected chi connectivity index (χ1v) is 8.25. The second-order valence-corrected chi connectivity index (χ2v) is 7.02. The zero-order valence-corrected chi connectivity index (χ0v) is 14.2. The van der Waals surface area contributed by atoms with Gasteiger partial charge in [0.1, 0.15) is 0 Å². The molecule has 1 saturated heterocycles. The molecule has 2 rings (SSSR count). The molecule has 0 radical (unpaired) electrons. The number of nitrogens with one attached hydrogen (secondary N) is 1. The van der Waals surface area contributed by atoms with Crippen LogP contribution in [0.5, 0.6) is 0 Å². The average Bonchev–Trinajstić information content (AvgIpc) is 2.69. The fourth-order valence-electron chi connectivity index (χ4n) is 2.51. The summed E-state index contributed by atoms with van der Waals surface area (Å²) in [7, 11) is -3.86. The topological polar surface area (TPSA) is 92.6 Å². The zero-order chi connectivity index (χ0) is 15.6. The van der Waals surface area contributed by atoms with Gasteiger partial charge in [0.05, 0.1) is 4.92 Å². The Kier molecular flexibility index (Phi) is 6.30. The molecule has 1 aromatic carbocycles. The van der Waals surface area contributed by atoms with E-state index >= 15 is 0 Å². The van der Waals surface area contributed by atoms with Crippen LogP contribution in [0.4, 0.5) is 5.69 Å². The van der Waals surface area contributed by atoms with E-state index in [9.17, 15) is 18.5 Å². The highest BCUT2D eigenvalue weighted by atomic mass is 35.5. The minimum atomic E-state index is -3.86. The van der Waals surface area contributed by atoms with E-state index in [0.717, 1.165) is 6.54 Å². The molecule has 9 heteroatoms. The molecule has 0 aliphatic carbocycles. The molecule has 1 aliphatic heterocycles. The minimum Gasteiger partial charge on any atom is -0.315 e. The second kappa shape index (κ2) is 7.36. The first-order chi connectivity index (χ1) is 9.85. The van der Waals surface area contributed by atoms with E-state index in [1.165, 1.54) is 4.31 Å². The highest BCUT2D eigenvalue weighted by Gasteiger charge is 2.34. The third kappa shape index (κ3) is 3.57. The van der Waals surface area contributed by atoms with Crippen LogP contribution in [-0.4, -0.2) is 43.8 Å². The van der Waals surface area contributed by atoms with Crippen molar-refractivity contribution in [2.24, 2.45) is 0 Å². The zero-order valence-electron chi connectivity index (χ0n) is 12.5. The number of rotatable bonds is 3. The number of sulfonamides is 1. The molecule has 0 atom stereocenters. The molecule has 0 amide bonds. The highest BCUT2D eigenvalue weighted by Crippen LogP contribution is 2.32. The maximum Gasteiger partial charge on any atom is 0.292 e. The van der Waals surface area contributed by atoms with Crippen LogP contribution < -0.4 is 5.32 Å². The Balaban J connectivity index is 0.00000242. The van der Waals surface area contributed by atoms with Gasteiger partial charge in [-0.2, -0.15) is 4.31 Å². The Morgan fingerprint density at radius 1 is 1.18 bits per heavy atom. The van der Waals surface area contributed by atoms with Crippen molar-refractivity contribution in [1.29, 1.82) is 0 Å². The molecule has 0 spiro atoms. The number of hydrogen-bond donors (Lipinski definition) is 1. The van der Waals surface area contributed by atoms with Gasteiger partial charge in [-0.25, -0.2) is 8.42 Å². The number of halogens is 1. The molecule has 22 heavy (non-hydrogen) atoms. The predicted octanol–water partition coefficient (Wildman–Crippen LogP) is 1.62. The Hall–Kier alpha value is -1.22. The van der Waals surface area contributed by atoms with E-state index in [4.69, 9.17) is 0 Å². The third-order valence-electron chi connectivity index (χ3n) is 3.61. The Morgan fingerprint density at radius 2 is 1.82 bits per heavy atom. The third-order valence-corrected chi connectivity index (χ3v) is 5.69. The van der Waals surface area contributed by atoms with Crippen LogP contribution in [0.25, 0.3) is 0 Å². The summed E-state index contributed by atoms with van der Waals surface area (Å²) in [4.78, 5) is 10.5. The Bertz CT molecular complexity index is 655. The molecule has 0 saturated carbocycles. The van der Waals surface area contributed by atoms with E-state index in [0.29, 0.717) is 37.2 Å². The van der Waals surface area contributed by atoms with Crippen LogP contribution in [0.15, 0.2) is 17.0 Å². The van der Waals surface area contributed by atoms with E-state index in [1.807, 2.05) is 0 Å². The van der Waals surface area contributed by atoms with Gasteiger partial charge in [0, 0.05) is 25.2 Å². The lowest BCUT2D eigenvalue weighted by molar-refractivity contribution is -0.388. The van der Waals surface area contributed by atoms with Crippen LogP contribution >= 0.6 is 12.4 Å². The molecule has 0 bridgehead atoms.